The molecule has 4 aromatic carbocycles. The summed E-state index contributed by atoms with van der Waals surface area (Å²) >= 11 is 0. The quantitative estimate of drug-likeness (QED) is 0.142. The average molecular weight is 863 g/mol. The largest absolute Gasteiger partial charge is 0.495 e. The number of imidazole rings is 2. The Morgan fingerprint density at radius 1 is 0.609 bits per heavy atom. The van der Waals surface area contributed by atoms with E-state index in [1.165, 1.54) is 12.1 Å². The zero-order valence-electron chi connectivity index (χ0n) is 36.7. The third-order valence-corrected chi connectivity index (χ3v) is 12.9. The molecule has 2 aliphatic carbocycles. The fourth-order valence-electron chi connectivity index (χ4n) is 9.85. The molecule has 4 aliphatic rings. The zero-order chi connectivity index (χ0) is 44.5. The van der Waals surface area contributed by atoms with Gasteiger partial charge in [0.15, 0.2) is 0 Å². The third-order valence-electron chi connectivity index (χ3n) is 12.9. The molecule has 10 nitrogen and oxygen atoms in total. The molecule has 2 fully saturated rings. The molecule has 10 rings (SSSR count). The number of hydrogen-bond acceptors (Lipinski definition) is 6. The predicted octanol–water partition coefficient (Wildman–Crippen LogP) is 10.0. The Balaban J connectivity index is 0.000000162. The van der Waals surface area contributed by atoms with E-state index in [0.717, 1.165) is 117 Å². The summed E-state index contributed by atoms with van der Waals surface area (Å²) < 4.78 is 43.4. The number of aryl methyl sites for hydroxylation is 2. The fourth-order valence-corrected chi connectivity index (χ4v) is 9.85. The lowest BCUT2D eigenvalue weighted by atomic mass is 9.97. The van der Waals surface area contributed by atoms with Crippen LogP contribution in [0.15, 0.2) is 109 Å². The molecule has 2 amide bonds. The van der Waals surface area contributed by atoms with E-state index in [2.05, 4.69) is 9.97 Å². The molecule has 0 saturated carbocycles. The second-order valence-corrected chi connectivity index (χ2v) is 17.0. The molecule has 64 heavy (non-hydrogen) atoms. The second-order valence-electron chi connectivity index (χ2n) is 17.0. The monoisotopic (exact) mass is 862 g/mol. The van der Waals surface area contributed by atoms with Gasteiger partial charge in [-0.2, -0.15) is 0 Å². The molecule has 0 radical (unpaired) electrons. The Morgan fingerprint density at radius 3 is 1.44 bits per heavy atom. The van der Waals surface area contributed by atoms with Gasteiger partial charge < -0.3 is 28.4 Å². The summed E-state index contributed by atoms with van der Waals surface area (Å²) in [5.41, 5.74) is 10.5. The van der Waals surface area contributed by atoms with Crippen molar-refractivity contribution in [2.45, 2.75) is 77.3 Å². The molecular weight excluding hydrogens is 811 g/mol. The van der Waals surface area contributed by atoms with Crippen molar-refractivity contribution in [3.63, 3.8) is 0 Å². The van der Waals surface area contributed by atoms with E-state index in [1.807, 2.05) is 106 Å². The number of methoxy groups -OCH3 is 2. The van der Waals surface area contributed by atoms with Gasteiger partial charge in [-0.05, 0) is 147 Å². The molecule has 2 atom stereocenters. The number of fused-ring (bicyclic) bond motifs is 2. The maximum absolute atomic E-state index is 14.2. The summed E-state index contributed by atoms with van der Waals surface area (Å²) in [5, 5.41) is 0. The van der Waals surface area contributed by atoms with Gasteiger partial charge in [-0.25, -0.2) is 18.7 Å². The number of likely N-dealkylation sites (tertiary alicyclic amines) is 2. The van der Waals surface area contributed by atoms with Crippen molar-refractivity contribution in [3.8, 4) is 22.9 Å². The van der Waals surface area contributed by atoms with Crippen molar-refractivity contribution in [2.75, 3.05) is 27.3 Å². The Kier molecular flexibility index (Phi) is 12.0. The number of amides is 2. The highest BCUT2D eigenvalue weighted by Crippen LogP contribution is 2.41. The van der Waals surface area contributed by atoms with Crippen LogP contribution >= 0.6 is 0 Å². The van der Waals surface area contributed by atoms with Gasteiger partial charge in [0.25, 0.3) is 0 Å². The number of nitrogens with zero attached hydrogens (tertiary/aromatic N) is 6. The van der Waals surface area contributed by atoms with Gasteiger partial charge in [0.05, 0.1) is 61.7 Å². The van der Waals surface area contributed by atoms with Crippen molar-refractivity contribution in [1.82, 2.24) is 28.9 Å². The van der Waals surface area contributed by atoms with E-state index in [-0.39, 0.29) is 35.5 Å². The van der Waals surface area contributed by atoms with Crippen molar-refractivity contribution in [1.29, 1.82) is 0 Å². The summed E-state index contributed by atoms with van der Waals surface area (Å²) in [4.78, 5) is 39.2. The number of halogens is 2. The maximum Gasteiger partial charge on any atom is 0.250 e. The topological polar surface area (TPSA) is 94.7 Å². The van der Waals surface area contributed by atoms with E-state index in [4.69, 9.17) is 9.47 Å². The molecule has 0 N–H and O–H groups in total. The average Bonchev–Trinajstić information content (AvgIpc) is 4.13. The van der Waals surface area contributed by atoms with Gasteiger partial charge in [-0.15, -0.1) is 0 Å². The minimum absolute atomic E-state index is 0.0432. The molecule has 0 spiro atoms. The molecule has 2 saturated heterocycles. The summed E-state index contributed by atoms with van der Waals surface area (Å²) in [5.74, 6) is 1.21. The van der Waals surface area contributed by atoms with Crippen molar-refractivity contribution >= 4 is 24.0 Å². The fraction of sp³-hybridized carbons (Fsp3) is 0.308. The summed E-state index contributed by atoms with van der Waals surface area (Å²) in [6.07, 6.45) is 17.5. The van der Waals surface area contributed by atoms with Crippen molar-refractivity contribution in [3.05, 3.63) is 165 Å². The Morgan fingerprint density at radius 2 is 1.05 bits per heavy atom. The van der Waals surface area contributed by atoms with E-state index in [1.54, 1.807) is 39.0 Å². The van der Waals surface area contributed by atoms with Crippen LogP contribution < -0.4 is 9.47 Å². The van der Waals surface area contributed by atoms with Crippen LogP contribution in [-0.2, 0) is 22.4 Å². The number of rotatable bonds is 8. The normalized spacial score (nSPS) is 19.5. The minimum atomic E-state index is -0.162. The summed E-state index contributed by atoms with van der Waals surface area (Å²) in [6.45, 7) is 5.30. The van der Waals surface area contributed by atoms with Gasteiger partial charge in [0.2, 0.25) is 11.8 Å². The van der Waals surface area contributed by atoms with Gasteiger partial charge in [0, 0.05) is 36.6 Å². The number of ether oxygens (including phenoxy) is 2. The molecule has 6 aromatic rings. The highest BCUT2D eigenvalue weighted by atomic mass is 19.1. The minimum Gasteiger partial charge on any atom is -0.495 e. The Bertz CT molecular complexity index is 2620. The van der Waals surface area contributed by atoms with E-state index in [0.29, 0.717) is 25.9 Å². The third kappa shape index (κ3) is 8.36. The zero-order valence-corrected chi connectivity index (χ0v) is 36.7. The summed E-state index contributed by atoms with van der Waals surface area (Å²) in [6, 6.07) is 22.2. The van der Waals surface area contributed by atoms with Crippen LogP contribution in [0.1, 0.15) is 95.4 Å². The Labute approximate surface area is 372 Å². The van der Waals surface area contributed by atoms with E-state index in [9.17, 15) is 18.4 Å². The molecular formula is C52H52F2N6O4. The molecule has 328 valence electrons. The van der Waals surface area contributed by atoms with Crippen LogP contribution in [0.4, 0.5) is 8.78 Å². The molecule has 2 aromatic heterocycles. The van der Waals surface area contributed by atoms with Crippen molar-refractivity contribution in [2.24, 2.45) is 0 Å². The lowest BCUT2D eigenvalue weighted by Gasteiger charge is -2.34. The highest BCUT2D eigenvalue weighted by Gasteiger charge is 2.36. The summed E-state index contributed by atoms with van der Waals surface area (Å²) in [7, 11) is 3.29. The first-order valence-electron chi connectivity index (χ1n) is 22.1. The molecule has 2 aliphatic heterocycles. The maximum atomic E-state index is 14.2. The van der Waals surface area contributed by atoms with Gasteiger partial charge in [-0.3, -0.25) is 9.59 Å². The predicted molar refractivity (Wildman–Crippen MR) is 242 cm³/mol. The van der Waals surface area contributed by atoms with Gasteiger partial charge in [-0.1, -0.05) is 36.4 Å². The van der Waals surface area contributed by atoms with E-state index < -0.39 is 0 Å². The highest BCUT2D eigenvalue weighted by molar-refractivity contribution is 5.99. The van der Waals surface area contributed by atoms with Gasteiger partial charge >= 0.3 is 0 Å². The lowest BCUT2D eigenvalue weighted by Crippen LogP contribution is -2.39. The van der Waals surface area contributed by atoms with Crippen LogP contribution in [-0.4, -0.2) is 68.0 Å². The number of carbonyl (C=O) groups excluding carboxylic acids is 2. The van der Waals surface area contributed by atoms with Crippen molar-refractivity contribution < 1.29 is 27.8 Å². The number of aromatic nitrogens is 4. The second kappa shape index (κ2) is 18.1. The van der Waals surface area contributed by atoms with Crippen LogP contribution in [0.2, 0.25) is 0 Å². The van der Waals surface area contributed by atoms with Gasteiger partial charge in [0.1, 0.15) is 23.1 Å². The standard InChI is InChI=1S/2C26H26FN3O2/c2*1-17-15-29(16-28-17)24-10-8-18(14-25(24)32-2)13-19-5-4-12-30(26(19)31)23-11-9-20-21(23)6-3-7-22(20)27/h2*3,6-8,10,13-16,23H,4-5,9,11-12H2,1-2H3/b2*19-13+/t2*23-/m10/s1. The SMILES string of the molecule is COc1cc(/C=C2\CCCN([C@@H]3CCc4c(F)cccc43)C2=O)ccc1-n1cnc(C)c1.COc1cc(/C=C2\CCCN([C@H]3CCc4c(F)cccc43)C2=O)ccc1-n1cnc(C)c1. The van der Waals surface area contributed by atoms with Crippen LogP contribution in [0.25, 0.3) is 23.5 Å². The Hall–Kier alpha value is -6.82. The molecule has 0 unspecified atom stereocenters. The first-order chi connectivity index (χ1) is 31.1. The first-order valence-corrected chi connectivity index (χ1v) is 22.1. The molecule has 12 heteroatoms. The smallest absolute Gasteiger partial charge is 0.250 e. The first kappa shape index (κ1) is 42.5. The number of hydrogen-bond donors (Lipinski definition) is 0. The van der Waals surface area contributed by atoms with Crippen LogP contribution in [0, 0.1) is 25.5 Å². The van der Waals surface area contributed by atoms with E-state index >= 15 is 0 Å². The molecule has 0 bridgehead atoms. The van der Waals surface area contributed by atoms with Crippen LogP contribution in [0.5, 0.6) is 11.5 Å². The number of carbonyl (C=O) groups is 2. The number of benzene rings is 4. The van der Waals surface area contributed by atoms with Crippen LogP contribution in [0.3, 0.4) is 0 Å². The lowest BCUT2D eigenvalue weighted by molar-refractivity contribution is -0.131. The molecule has 4 heterocycles. The number of piperidine rings is 2.